The molecule has 1 atom stereocenters. The van der Waals surface area contributed by atoms with Crippen LogP contribution in [-0.4, -0.2) is 122 Å². The number of carboxylic acids is 3. The number of fused-ring (bicyclic) bond motifs is 1. The van der Waals surface area contributed by atoms with Gasteiger partial charge in [0.2, 0.25) is 5.91 Å². The van der Waals surface area contributed by atoms with E-state index < -0.39 is 36.4 Å². The van der Waals surface area contributed by atoms with Crippen molar-refractivity contribution in [3.05, 3.63) is 60.2 Å². The van der Waals surface area contributed by atoms with Crippen molar-refractivity contribution in [2.24, 2.45) is 10.8 Å². The summed E-state index contributed by atoms with van der Waals surface area (Å²) in [6.45, 7) is 9.62. The topological polar surface area (TPSA) is 164 Å². The summed E-state index contributed by atoms with van der Waals surface area (Å²) in [6, 6.07) is 10.3. The minimum Gasteiger partial charge on any atom is -0.475 e. The molecule has 3 aliphatic rings. The van der Waals surface area contributed by atoms with Gasteiger partial charge in [-0.3, -0.25) is 24.6 Å². The van der Waals surface area contributed by atoms with Gasteiger partial charge in [0, 0.05) is 63.3 Å². The molecule has 2 aromatic rings. The second kappa shape index (κ2) is 17.8. The smallest absolute Gasteiger partial charge is 0.475 e. The number of halogens is 9. The van der Waals surface area contributed by atoms with Crippen LogP contribution in [0.25, 0.3) is 0 Å². The van der Waals surface area contributed by atoms with E-state index in [1.54, 1.807) is 0 Å². The molecule has 12 nitrogen and oxygen atoms in total. The molecule has 0 saturated carbocycles. The van der Waals surface area contributed by atoms with Crippen molar-refractivity contribution >= 4 is 23.8 Å². The van der Waals surface area contributed by atoms with E-state index in [1.807, 2.05) is 30.7 Å². The maximum Gasteiger partial charge on any atom is 0.490 e. The SMILES string of the molecule is CCN1CCC2(CN(Cc3cccnc3)CC23CCN(Cc2ccccn2)CC3)C1=O.O=C(O)C(F)(F)F.O=C(O)C(F)(F)F.O=C(O)C(F)(F)F. The van der Waals surface area contributed by atoms with E-state index in [9.17, 15) is 44.3 Å². The minimum atomic E-state index is -5.08. The van der Waals surface area contributed by atoms with Gasteiger partial charge in [-0.1, -0.05) is 12.1 Å². The number of nitrogens with zero attached hydrogens (tertiary/aromatic N) is 5. The predicted octanol–water partition coefficient (Wildman–Crippen LogP) is 4.71. The second-order valence-electron chi connectivity index (χ2n) is 12.0. The van der Waals surface area contributed by atoms with Gasteiger partial charge < -0.3 is 20.2 Å². The van der Waals surface area contributed by atoms with E-state index in [4.69, 9.17) is 29.7 Å². The Morgan fingerprint density at radius 1 is 0.731 bits per heavy atom. The van der Waals surface area contributed by atoms with Crippen LogP contribution in [0.2, 0.25) is 0 Å². The Hall–Kier alpha value is -4.53. The molecule has 0 aromatic carbocycles. The van der Waals surface area contributed by atoms with Crippen LogP contribution in [0.15, 0.2) is 48.9 Å². The van der Waals surface area contributed by atoms with Crippen LogP contribution in [0.1, 0.15) is 37.4 Å². The van der Waals surface area contributed by atoms with Crippen molar-refractivity contribution in [2.45, 2.75) is 57.8 Å². The molecule has 2 spiro atoms. The van der Waals surface area contributed by atoms with Crippen LogP contribution in [0.5, 0.6) is 0 Å². The number of aromatic nitrogens is 2. The molecule has 3 fully saturated rings. The fraction of sp³-hybridized carbons (Fsp3) is 0.548. The summed E-state index contributed by atoms with van der Waals surface area (Å²) in [6.07, 6.45) is -6.41. The van der Waals surface area contributed by atoms with Crippen LogP contribution >= 0.6 is 0 Å². The van der Waals surface area contributed by atoms with Crippen molar-refractivity contribution in [1.29, 1.82) is 0 Å². The lowest BCUT2D eigenvalue weighted by molar-refractivity contribution is -0.193. The van der Waals surface area contributed by atoms with Gasteiger partial charge in [0.05, 0.1) is 11.1 Å². The van der Waals surface area contributed by atoms with Gasteiger partial charge in [-0.15, -0.1) is 0 Å². The molecular weight excluding hydrogens is 725 g/mol. The summed E-state index contributed by atoms with van der Waals surface area (Å²) in [7, 11) is 0. The number of likely N-dealkylation sites (tertiary alicyclic amines) is 3. The molecule has 52 heavy (non-hydrogen) atoms. The Labute approximate surface area is 290 Å². The molecule has 3 saturated heterocycles. The standard InChI is InChI=1S/C25H33N5O.3C2HF3O2/c1-2-30-15-10-25(23(30)31)20-29(17-21-6-5-11-26-16-21)19-24(25)8-13-28(14-9-24)18-22-7-3-4-12-27-22;3*3-2(4,5)1(6)7/h3-7,11-12,16H,2,8-10,13-15,17-20H2,1H3;3*(H,6,7). The third kappa shape index (κ3) is 12.0. The average Bonchev–Trinajstić information content (AvgIpc) is 3.54. The number of aliphatic carboxylic acids is 3. The van der Waals surface area contributed by atoms with E-state index in [0.717, 1.165) is 77.3 Å². The molecule has 2 aromatic heterocycles. The van der Waals surface area contributed by atoms with E-state index in [1.165, 1.54) is 5.56 Å². The zero-order valence-corrected chi connectivity index (χ0v) is 27.5. The molecule has 5 heterocycles. The molecule has 3 aliphatic heterocycles. The largest absolute Gasteiger partial charge is 0.490 e. The number of pyridine rings is 2. The van der Waals surface area contributed by atoms with Gasteiger partial charge in [-0.2, -0.15) is 39.5 Å². The predicted molar refractivity (Wildman–Crippen MR) is 161 cm³/mol. The first-order valence-corrected chi connectivity index (χ1v) is 15.4. The summed E-state index contributed by atoms with van der Waals surface area (Å²) in [4.78, 5) is 56.3. The van der Waals surface area contributed by atoms with Crippen molar-refractivity contribution in [3.8, 4) is 0 Å². The Morgan fingerprint density at radius 3 is 1.67 bits per heavy atom. The van der Waals surface area contributed by atoms with Crippen molar-refractivity contribution in [1.82, 2.24) is 24.7 Å². The van der Waals surface area contributed by atoms with Gasteiger partial charge in [0.25, 0.3) is 0 Å². The van der Waals surface area contributed by atoms with Crippen molar-refractivity contribution < 1.29 is 74.0 Å². The molecule has 0 aliphatic carbocycles. The fourth-order valence-corrected chi connectivity index (χ4v) is 6.32. The maximum absolute atomic E-state index is 13.7. The molecule has 1 amide bonds. The second-order valence-corrected chi connectivity index (χ2v) is 12.0. The van der Waals surface area contributed by atoms with Crippen LogP contribution in [-0.2, 0) is 32.3 Å². The monoisotopic (exact) mass is 761 g/mol. The summed E-state index contributed by atoms with van der Waals surface area (Å²) in [5.41, 5.74) is 2.23. The lowest BCUT2D eigenvalue weighted by Crippen LogP contribution is -2.52. The highest BCUT2D eigenvalue weighted by Gasteiger charge is 2.64. The normalized spacial score (nSPS) is 20.3. The number of hydrogen-bond acceptors (Lipinski definition) is 8. The summed E-state index contributed by atoms with van der Waals surface area (Å²) in [5.74, 6) is -7.87. The van der Waals surface area contributed by atoms with Crippen molar-refractivity contribution in [2.75, 3.05) is 39.3 Å². The number of carbonyl (C=O) groups is 4. The summed E-state index contributed by atoms with van der Waals surface area (Å²) in [5, 5.41) is 21.4. The zero-order valence-electron chi connectivity index (χ0n) is 27.5. The Balaban J connectivity index is 0.000000365. The Morgan fingerprint density at radius 2 is 1.27 bits per heavy atom. The third-order valence-electron chi connectivity index (χ3n) is 8.70. The number of piperidine rings is 1. The van der Waals surface area contributed by atoms with Gasteiger partial charge in [0.1, 0.15) is 0 Å². The van der Waals surface area contributed by atoms with Gasteiger partial charge >= 0.3 is 36.4 Å². The highest BCUT2D eigenvalue weighted by Crippen LogP contribution is 2.58. The van der Waals surface area contributed by atoms with Crippen LogP contribution in [0.4, 0.5) is 39.5 Å². The molecule has 0 radical (unpaired) electrons. The molecule has 1 unspecified atom stereocenters. The first-order chi connectivity index (χ1) is 24.0. The number of carbonyl (C=O) groups excluding carboxylic acids is 1. The van der Waals surface area contributed by atoms with E-state index in [2.05, 4.69) is 49.8 Å². The number of rotatable bonds is 5. The van der Waals surface area contributed by atoms with Crippen LogP contribution in [0.3, 0.4) is 0 Å². The van der Waals surface area contributed by atoms with Crippen LogP contribution < -0.4 is 0 Å². The highest BCUT2D eigenvalue weighted by atomic mass is 19.4. The molecular formula is C31H36F9N5O7. The summed E-state index contributed by atoms with van der Waals surface area (Å²) >= 11 is 0. The van der Waals surface area contributed by atoms with Gasteiger partial charge in [-0.25, -0.2) is 14.4 Å². The number of amides is 1. The quantitative estimate of drug-likeness (QED) is 0.362. The average molecular weight is 762 g/mol. The van der Waals surface area contributed by atoms with E-state index >= 15 is 0 Å². The first kappa shape index (κ1) is 43.6. The maximum atomic E-state index is 13.7. The molecule has 290 valence electrons. The minimum absolute atomic E-state index is 0.0802. The lowest BCUT2D eigenvalue weighted by atomic mass is 9.60. The number of hydrogen-bond donors (Lipinski definition) is 3. The van der Waals surface area contributed by atoms with E-state index in [0.29, 0.717) is 5.91 Å². The Bertz CT molecular complexity index is 1430. The third-order valence-corrected chi connectivity index (χ3v) is 8.70. The first-order valence-electron chi connectivity index (χ1n) is 15.4. The van der Waals surface area contributed by atoms with Crippen molar-refractivity contribution in [3.63, 3.8) is 0 Å². The molecule has 0 bridgehead atoms. The lowest BCUT2D eigenvalue weighted by Gasteiger charge is -2.47. The zero-order chi connectivity index (χ0) is 39.5. The Kier molecular flexibility index (Phi) is 14.9. The molecule has 5 rings (SSSR count). The van der Waals surface area contributed by atoms with Gasteiger partial charge in [0.15, 0.2) is 0 Å². The molecule has 3 N–H and O–H groups in total. The molecule has 21 heteroatoms. The summed E-state index contributed by atoms with van der Waals surface area (Å²) < 4.78 is 95.2. The van der Waals surface area contributed by atoms with Crippen LogP contribution in [0, 0.1) is 10.8 Å². The fourth-order valence-electron chi connectivity index (χ4n) is 6.32. The number of carboxylic acid groups (broad SMARTS) is 3. The van der Waals surface area contributed by atoms with E-state index in [-0.39, 0.29) is 10.8 Å². The highest BCUT2D eigenvalue weighted by molar-refractivity contribution is 5.86. The van der Waals surface area contributed by atoms with Gasteiger partial charge in [-0.05, 0) is 63.0 Å². The number of alkyl halides is 9.